The molecule has 5 heterocycles. The number of rotatable bonds is 5. The van der Waals surface area contributed by atoms with Gasteiger partial charge in [0, 0.05) is 40.9 Å². The average Bonchev–Trinajstić information content (AvgIpc) is 3.46. The van der Waals surface area contributed by atoms with Gasteiger partial charge in [0.2, 0.25) is 0 Å². The molecule has 198 valence electrons. The Balaban J connectivity index is 1.26. The summed E-state index contributed by atoms with van der Waals surface area (Å²) in [7, 11) is 0. The van der Waals surface area contributed by atoms with Crippen LogP contribution in [0, 0.1) is 0 Å². The molecule has 1 amide bonds. The Morgan fingerprint density at radius 2 is 1.72 bits per heavy atom. The summed E-state index contributed by atoms with van der Waals surface area (Å²) in [5.74, 6) is -0.0256. The minimum absolute atomic E-state index is 0.0204. The zero-order valence-electron chi connectivity index (χ0n) is 21.7. The number of benzene rings is 1. The Morgan fingerprint density at radius 1 is 1.00 bits per heavy atom. The minimum atomic E-state index is -1.17. The van der Waals surface area contributed by atoms with Gasteiger partial charge in [-0.15, -0.1) is 0 Å². The predicted octanol–water partition coefficient (Wildman–Crippen LogP) is 4.01. The average molecular weight is 523 g/mol. The zero-order valence-corrected chi connectivity index (χ0v) is 21.7. The fraction of sp³-hybridized carbons (Fsp3) is 0.367. The van der Waals surface area contributed by atoms with Crippen molar-refractivity contribution >= 4 is 23.2 Å². The van der Waals surface area contributed by atoms with Gasteiger partial charge in [0.15, 0.2) is 11.4 Å². The number of aliphatic hydroxyl groups is 1. The first-order valence-corrected chi connectivity index (χ1v) is 13.6. The van der Waals surface area contributed by atoms with Crippen molar-refractivity contribution in [3.05, 3.63) is 66.1 Å². The van der Waals surface area contributed by atoms with Gasteiger partial charge in [-0.25, -0.2) is 4.98 Å². The summed E-state index contributed by atoms with van der Waals surface area (Å²) < 4.78 is 1.54. The van der Waals surface area contributed by atoms with E-state index >= 15 is 0 Å². The lowest BCUT2D eigenvalue weighted by Gasteiger charge is -2.40. The molecular weight excluding hydrogens is 492 g/mol. The summed E-state index contributed by atoms with van der Waals surface area (Å²) >= 11 is 0. The molecule has 1 aliphatic carbocycles. The Kier molecular flexibility index (Phi) is 5.35. The maximum absolute atomic E-state index is 13.0. The number of nitrogen functional groups attached to an aromatic ring is 1. The van der Waals surface area contributed by atoms with E-state index in [2.05, 4.69) is 10.1 Å². The van der Waals surface area contributed by atoms with E-state index in [1.807, 2.05) is 53.6 Å². The summed E-state index contributed by atoms with van der Waals surface area (Å²) in [6.07, 6.45) is 7.78. The smallest absolute Gasteiger partial charge is 0.255 e. The van der Waals surface area contributed by atoms with Crippen LogP contribution in [0.15, 0.2) is 54.9 Å². The summed E-state index contributed by atoms with van der Waals surface area (Å²) in [4.78, 5) is 37.5. The lowest BCUT2D eigenvalue weighted by molar-refractivity contribution is -0.147. The van der Waals surface area contributed by atoms with E-state index in [1.54, 1.807) is 6.20 Å². The molecule has 0 radical (unpaired) electrons. The van der Waals surface area contributed by atoms with Crippen LogP contribution >= 0.6 is 0 Å². The summed E-state index contributed by atoms with van der Waals surface area (Å²) in [6.45, 7) is 1.51. The van der Waals surface area contributed by atoms with Crippen molar-refractivity contribution in [1.82, 2.24) is 24.5 Å². The van der Waals surface area contributed by atoms with Crippen LogP contribution in [0.3, 0.4) is 0 Å². The normalized spacial score (nSPS) is 23.2. The van der Waals surface area contributed by atoms with Crippen molar-refractivity contribution in [2.45, 2.75) is 69.1 Å². The molecule has 3 fully saturated rings. The molecule has 7 rings (SSSR count). The fourth-order valence-electron chi connectivity index (χ4n) is 6.53. The number of carbonyl (C=O) groups is 2. The van der Waals surface area contributed by atoms with Gasteiger partial charge in [0.25, 0.3) is 5.91 Å². The minimum Gasteiger partial charge on any atom is -0.383 e. The van der Waals surface area contributed by atoms with Crippen molar-refractivity contribution < 1.29 is 14.7 Å². The van der Waals surface area contributed by atoms with Crippen LogP contribution in [0.2, 0.25) is 0 Å². The topological polar surface area (TPSA) is 127 Å². The highest BCUT2D eigenvalue weighted by Gasteiger charge is 2.55. The molecule has 3 aliphatic rings. The number of pyridine rings is 1. The van der Waals surface area contributed by atoms with E-state index in [4.69, 9.17) is 10.7 Å². The lowest BCUT2D eigenvalue weighted by Crippen LogP contribution is -2.51. The van der Waals surface area contributed by atoms with E-state index in [0.29, 0.717) is 42.6 Å². The molecule has 39 heavy (non-hydrogen) atoms. The summed E-state index contributed by atoms with van der Waals surface area (Å²) in [6, 6.07) is 14.0. The van der Waals surface area contributed by atoms with Gasteiger partial charge in [-0.1, -0.05) is 36.4 Å². The number of ketones is 1. The van der Waals surface area contributed by atoms with Crippen molar-refractivity contribution in [3.63, 3.8) is 0 Å². The number of amides is 1. The largest absolute Gasteiger partial charge is 0.383 e. The highest BCUT2D eigenvalue weighted by Crippen LogP contribution is 2.48. The number of hydrogen-bond donors (Lipinski definition) is 2. The molecule has 1 aromatic carbocycles. The number of hydrogen-bond acceptors (Lipinski definition) is 7. The Hall–Kier alpha value is -4.11. The zero-order chi connectivity index (χ0) is 26.9. The molecule has 2 bridgehead atoms. The fourth-order valence-corrected chi connectivity index (χ4v) is 6.53. The van der Waals surface area contributed by atoms with Crippen molar-refractivity contribution in [2.75, 3.05) is 5.73 Å². The van der Waals surface area contributed by atoms with E-state index in [9.17, 15) is 14.7 Å². The highest BCUT2D eigenvalue weighted by molar-refractivity contribution is 6.00. The van der Waals surface area contributed by atoms with Crippen LogP contribution in [0.5, 0.6) is 0 Å². The van der Waals surface area contributed by atoms with E-state index in [1.165, 1.54) is 11.4 Å². The molecule has 9 nitrogen and oxygen atoms in total. The second kappa shape index (κ2) is 8.71. The lowest BCUT2D eigenvalue weighted by atomic mass is 9.85. The summed E-state index contributed by atoms with van der Waals surface area (Å²) in [5, 5.41) is 15.0. The molecule has 3 atom stereocenters. The molecule has 3 N–H and O–H groups in total. The van der Waals surface area contributed by atoms with Crippen LogP contribution in [0.25, 0.3) is 28.0 Å². The number of aromatic nitrogens is 4. The quantitative estimate of drug-likeness (QED) is 0.379. The molecule has 2 aliphatic heterocycles. The van der Waals surface area contributed by atoms with Gasteiger partial charge in [0.1, 0.15) is 11.4 Å². The van der Waals surface area contributed by atoms with Crippen LogP contribution < -0.4 is 5.73 Å². The number of nitrogens with zero attached hydrogens (tertiary/aromatic N) is 5. The maximum atomic E-state index is 13.0. The van der Waals surface area contributed by atoms with Gasteiger partial charge in [0.05, 0.1) is 23.1 Å². The first-order valence-electron chi connectivity index (χ1n) is 13.6. The molecule has 1 saturated carbocycles. The van der Waals surface area contributed by atoms with Gasteiger partial charge in [-0.2, -0.15) is 9.61 Å². The van der Waals surface area contributed by atoms with Crippen LogP contribution in [-0.4, -0.2) is 59.0 Å². The first kappa shape index (κ1) is 24.0. The number of fused-ring (bicyclic) bond motifs is 3. The first-order chi connectivity index (χ1) is 18.8. The number of anilines is 1. The van der Waals surface area contributed by atoms with Crippen LogP contribution in [0.1, 0.15) is 67.4 Å². The third-order valence-electron chi connectivity index (χ3n) is 8.68. The van der Waals surface area contributed by atoms with E-state index < -0.39 is 5.60 Å². The molecular formula is C30H30N6O3. The SMILES string of the molecule is CC(=O)c1c([C@@H]2C[C@H]3CC[C@@H](C2)N3C(=O)C2(O)CC2)nc2c(-c3ccc(-c4ccccc4)nc3)cnn2c1N. The van der Waals surface area contributed by atoms with Gasteiger partial charge >= 0.3 is 0 Å². The molecule has 0 unspecified atom stereocenters. The highest BCUT2D eigenvalue weighted by atomic mass is 16.3. The van der Waals surface area contributed by atoms with Gasteiger partial charge in [-0.3, -0.25) is 14.6 Å². The van der Waals surface area contributed by atoms with E-state index in [0.717, 1.165) is 35.2 Å². The Labute approximate surface area is 225 Å². The van der Waals surface area contributed by atoms with Gasteiger partial charge < -0.3 is 15.7 Å². The Morgan fingerprint density at radius 3 is 2.33 bits per heavy atom. The standard InChI is InChI=1S/C30H30N6O3/c1-17(37)25-26(20-13-21-8-9-22(14-20)35(21)29(38)30(39)11-12-30)34-28-23(16-33-36(28)27(25)31)19-7-10-24(32-15-19)18-5-3-2-4-6-18/h2-7,10,15-16,20-22,39H,8-9,11-14,31H2,1H3/t20-,21-,22+. The third-order valence-corrected chi connectivity index (χ3v) is 8.68. The second-order valence-corrected chi connectivity index (χ2v) is 11.2. The monoisotopic (exact) mass is 522 g/mol. The van der Waals surface area contributed by atoms with Crippen molar-refractivity contribution in [1.29, 1.82) is 0 Å². The Bertz CT molecular complexity index is 1600. The van der Waals surface area contributed by atoms with Crippen LogP contribution in [-0.2, 0) is 4.79 Å². The summed E-state index contributed by atoms with van der Waals surface area (Å²) in [5.41, 5.74) is 10.6. The van der Waals surface area contributed by atoms with Crippen LogP contribution in [0.4, 0.5) is 5.82 Å². The molecule has 0 spiro atoms. The van der Waals surface area contributed by atoms with Crippen molar-refractivity contribution in [3.8, 4) is 22.4 Å². The number of Topliss-reactive ketones (excluding diaryl/α,β-unsaturated/α-hetero) is 1. The number of piperidine rings is 1. The molecule has 4 aromatic rings. The molecule has 9 heteroatoms. The number of nitrogens with two attached hydrogens (primary N) is 1. The molecule has 3 aromatic heterocycles. The third kappa shape index (κ3) is 3.83. The van der Waals surface area contributed by atoms with Crippen molar-refractivity contribution in [2.24, 2.45) is 0 Å². The predicted molar refractivity (Wildman–Crippen MR) is 146 cm³/mol. The van der Waals surface area contributed by atoms with E-state index in [-0.39, 0.29) is 35.5 Å². The molecule has 2 saturated heterocycles. The second-order valence-electron chi connectivity index (χ2n) is 11.2. The maximum Gasteiger partial charge on any atom is 0.255 e. The van der Waals surface area contributed by atoms with Gasteiger partial charge in [-0.05, 0) is 51.5 Å². The number of carbonyl (C=O) groups excluding carboxylic acids is 2.